The quantitative estimate of drug-likeness (QED) is 0.814. The summed E-state index contributed by atoms with van der Waals surface area (Å²) in [6, 6.07) is 0. The predicted molar refractivity (Wildman–Crippen MR) is 64.6 cm³/mol. The molecule has 1 saturated heterocycles. The lowest BCUT2D eigenvalue weighted by Gasteiger charge is -2.40. The van der Waals surface area contributed by atoms with Gasteiger partial charge in [0.25, 0.3) is 0 Å². The molecule has 0 spiro atoms. The number of nitrogens with two attached hydrogens (primary N) is 1. The summed E-state index contributed by atoms with van der Waals surface area (Å²) in [6.45, 7) is 9.11. The van der Waals surface area contributed by atoms with Crippen molar-refractivity contribution >= 4 is 24.8 Å². The first kappa shape index (κ1) is 16.9. The van der Waals surface area contributed by atoms with Gasteiger partial charge < -0.3 is 10.5 Å². The predicted octanol–water partition coefficient (Wildman–Crippen LogP) is 1.29. The molecule has 2 N–H and O–H groups in total. The molecule has 0 amide bonds. The van der Waals surface area contributed by atoms with Gasteiger partial charge in [0.2, 0.25) is 0 Å². The van der Waals surface area contributed by atoms with Gasteiger partial charge in [0, 0.05) is 18.6 Å². The summed E-state index contributed by atoms with van der Waals surface area (Å²) in [4.78, 5) is 2.46. The Morgan fingerprint density at radius 2 is 1.71 bits per heavy atom. The van der Waals surface area contributed by atoms with Crippen LogP contribution in [0.2, 0.25) is 0 Å². The molecule has 0 aromatic rings. The van der Waals surface area contributed by atoms with E-state index < -0.39 is 0 Å². The topological polar surface area (TPSA) is 38.5 Å². The van der Waals surface area contributed by atoms with Gasteiger partial charge in [-0.1, -0.05) is 0 Å². The van der Waals surface area contributed by atoms with Gasteiger partial charge in [-0.25, -0.2) is 0 Å². The number of rotatable bonds is 3. The Hall–Kier alpha value is 0.460. The van der Waals surface area contributed by atoms with Crippen molar-refractivity contribution in [2.75, 3.05) is 32.8 Å². The van der Waals surface area contributed by atoms with E-state index in [9.17, 15) is 0 Å². The summed E-state index contributed by atoms with van der Waals surface area (Å²) < 4.78 is 5.30. The molecular weight excluding hydrogens is 223 g/mol. The number of ether oxygens (including phenoxy) is 1. The van der Waals surface area contributed by atoms with Crippen LogP contribution in [0, 0.1) is 0 Å². The summed E-state index contributed by atoms with van der Waals surface area (Å²) in [5.74, 6) is 0. The van der Waals surface area contributed by atoms with Crippen LogP contribution in [0.4, 0.5) is 0 Å². The van der Waals surface area contributed by atoms with Crippen LogP contribution in [0.25, 0.3) is 0 Å². The van der Waals surface area contributed by atoms with Crippen molar-refractivity contribution in [1.29, 1.82) is 0 Å². The largest absolute Gasteiger partial charge is 0.379 e. The Morgan fingerprint density at radius 1 is 1.21 bits per heavy atom. The number of nitrogens with zero attached hydrogens (tertiary/aromatic N) is 1. The molecular formula is C9H22Cl2N2O. The summed E-state index contributed by atoms with van der Waals surface area (Å²) in [5, 5.41) is 0. The molecule has 0 bridgehead atoms. The average Bonchev–Trinajstić information content (AvgIpc) is 2.06. The maximum Gasteiger partial charge on any atom is 0.0594 e. The van der Waals surface area contributed by atoms with E-state index in [1.54, 1.807) is 0 Å². The van der Waals surface area contributed by atoms with Gasteiger partial charge in [0.1, 0.15) is 0 Å². The standard InChI is InChI=1S/C9H20N2O.2ClH/c1-9(2,3-4-10)11-5-7-12-8-6-11;;/h3-8,10H2,1-2H3;2*1H. The lowest BCUT2D eigenvalue weighted by molar-refractivity contribution is -0.0119. The molecule has 1 aliphatic rings. The zero-order valence-electron chi connectivity index (χ0n) is 8.99. The molecule has 0 atom stereocenters. The molecule has 0 aromatic heterocycles. The minimum atomic E-state index is 0. The summed E-state index contributed by atoms with van der Waals surface area (Å²) in [7, 11) is 0. The molecule has 0 unspecified atom stereocenters. The normalized spacial score (nSPS) is 18.2. The summed E-state index contributed by atoms with van der Waals surface area (Å²) >= 11 is 0. The monoisotopic (exact) mass is 244 g/mol. The Bertz CT molecular complexity index is 139. The third-order valence-electron chi connectivity index (χ3n) is 2.62. The second-order valence-corrected chi connectivity index (χ2v) is 3.95. The van der Waals surface area contributed by atoms with Gasteiger partial charge in [-0.05, 0) is 26.8 Å². The van der Waals surface area contributed by atoms with Crippen molar-refractivity contribution < 1.29 is 4.74 Å². The number of halogens is 2. The SMILES string of the molecule is CC(C)(CCN)N1CCOCC1.Cl.Cl. The lowest BCUT2D eigenvalue weighted by Crippen LogP contribution is -2.50. The number of hydrogen-bond acceptors (Lipinski definition) is 3. The molecule has 5 heteroatoms. The first-order valence-corrected chi connectivity index (χ1v) is 4.70. The molecule has 3 nitrogen and oxygen atoms in total. The van der Waals surface area contributed by atoms with Gasteiger partial charge in [0.05, 0.1) is 13.2 Å². The van der Waals surface area contributed by atoms with E-state index >= 15 is 0 Å². The van der Waals surface area contributed by atoms with E-state index in [0.717, 1.165) is 39.3 Å². The van der Waals surface area contributed by atoms with Crippen LogP contribution >= 0.6 is 24.8 Å². The molecule has 14 heavy (non-hydrogen) atoms. The number of hydrogen-bond donors (Lipinski definition) is 1. The fraction of sp³-hybridized carbons (Fsp3) is 1.00. The first-order chi connectivity index (χ1) is 5.67. The van der Waals surface area contributed by atoms with Gasteiger partial charge in [-0.3, -0.25) is 4.90 Å². The second kappa shape index (κ2) is 7.71. The van der Waals surface area contributed by atoms with Crippen molar-refractivity contribution in [3.8, 4) is 0 Å². The van der Waals surface area contributed by atoms with Crippen molar-refractivity contribution in [2.45, 2.75) is 25.8 Å². The van der Waals surface area contributed by atoms with Crippen LogP contribution in [0.1, 0.15) is 20.3 Å². The van der Waals surface area contributed by atoms with Crippen LogP contribution < -0.4 is 5.73 Å². The minimum Gasteiger partial charge on any atom is -0.379 e. The van der Waals surface area contributed by atoms with Crippen molar-refractivity contribution in [1.82, 2.24) is 4.90 Å². The van der Waals surface area contributed by atoms with Crippen molar-refractivity contribution in [3.63, 3.8) is 0 Å². The highest BCUT2D eigenvalue weighted by Crippen LogP contribution is 2.18. The van der Waals surface area contributed by atoms with Crippen LogP contribution in [-0.2, 0) is 4.74 Å². The Morgan fingerprint density at radius 3 is 2.14 bits per heavy atom. The van der Waals surface area contributed by atoms with E-state index in [0.29, 0.717) is 0 Å². The molecule has 1 fully saturated rings. The first-order valence-electron chi connectivity index (χ1n) is 4.70. The van der Waals surface area contributed by atoms with E-state index in [-0.39, 0.29) is 30.4 Å². The van der Waals surface area contributed by atoms with Crippen LogP contribution in [0.15, 0.2) is 0 Å². The Labute approximate surface area is 99.2 Å². The fourth-order valence-corrected chi connectivity index (χ4v) is 1.68. The average molecular weight is 245 g/mol. The van der Waals surface area contributed by atoms with E-state index in [2.05, 4.69) is 18.7 Å². The third-order valence-corrected chi connectivity index (χ3v) is 2.62. The maximum atomic E-state index is 5.56. The van der Waals surface area contributed by atoms with Crippen LogP contribution in [0.5, 0.6) is 0 Å². The zero-order chi connectivity index (χ0) is 9.03. The molecule has 0 aromatic carbocycles. The molecule has 0 aliphatic carbocycles. The highest BCUT2D eigenvalue weighted by molar-refractivity contribution is 5.85. The van der Waals surface area contributed by atoms with Crippen LogP contribution in [0.3, 0.4) is 0 Å². The van der Waals surface area contributed by atoms with Gasteiger partial charge in [-0.2, -0.15) is 0 Å². The molecule has 1 rings (SSSR count). The van der Waals surface area contributed by atoms with Crippen LogP contribution in [-0.4, -0.2) is 43.3 Å². The maximum absolute atomic E-state index is 5.56. The highest BCUT2D eigenvalue weighted by Gasteiger charge is 2.26. The lowest BCUT2D eigenvalue weighted by atomic mass is 9.98. The third kappa shape index (κ3) is 4.80. The van der Waals surface area contributed by atoms with E-state index in [4.69, 9.17) is 10.5 Å². The van der Waals surface area contributed by atoms with E-state index in [1.807, 2.05) is 0 Å². The molecule has 1 heterocycles. The van der Waals surface area contributed by atoms with Gasteiger partial charge in [-0.15, -0.1) is 24.8 Å². The Kier molecular flexibility index (Phi) is 9.30. The van der Waals surface area contributed by atoms with Gasteiger partial charge in [0.15, 0.2) is 0 Å². The minimum absolute atomic E-state index is 0. The van der Waals surface area contributed by atoms with Gasteiger partial charge >= 0.3 is 0 Å². The number of morpholine rings is 1. The molecule has 0 saturated carbocycles. The summed E-state index contributed by atoms with van der Waals surface area (Å²) in [5.41, 5.74) is 5.81. The van der Waals surface area contributed by atoms with Crippen molar-refractivity contribution in [3.05, 3.63) is 0 Å². The summed E-state index contributed by atoms with van der Waals surface area (Å²) in [6.07, 6.45) is 1.06. The highest BCUT2D eigenvalue weighted by atomic mass is 35.5. The smallest absolute Gasteiger partial charge is 0.0594 e. The fourth-order valence-electron chi connectivity index (χ4n) is 1.68. The zero-order valence-corrected chi connectivity index (χ0v) is 10.6. The second-order valence-electron chi connectivity index (χ2n) is 3.95. The molecule has 0 radical (unpaired) electrons. The molecule has 1 aliphatic heterocycles. The molecule has 88 valence electrons. The Balaban J connectivity index is 0. The van der Waals surface area contributed by atoms with Crippen molar-refractivity contribution in [2.24, 2.45) is 5.73 Å². The van der Waals surface area contributed by atoms with E-state index in [1.165, 1.54) is 0 Å².